The Morgan fingerprint density at radius 2 is 0.823 bits per heavy atom. The first kappa shape index (κ1) is 87.1. The predicted octanol–water partition coefficient (Wildman–Crippen LogP) is 5.63. The maximum Gasteiger partial charge on any atom is 0.327 e. The Hall–Kier alpha value is -3.13. The molecule has 0 radical (unpaired) electrons. The number of amides is 2. The van der Waals surface area contributed by atoms with Crippen molar-refractivity contribution in [2.75, 3.05) is 66.0 Å². The van der Waals surface area contributed by atoms with Crippen molar-refractivity contribution in [3.05, 3.63) is 24.3 Å². The second-order valence-electron chi connectivity index (χ2n) is 25.5. The number of hydrogen-bond donors (Lipinski definition) is 12. The normalized spacial score (nSPS) is 27.2. The van der Waals surface area contributed by atoms with Gasteiger partial charge >= 0.3 is 19.5 Å². The quantitative estimate of drug-likeness (QED) is 0.0152. The molecule has 3 aliphatic rings. The molecule has 3 rings (SSSR count). The highest BCUT2D eigenvalue weighted by Crippen LogP contribution is 2.44. The van der Waals surface area contributed by atoms with Gasteiger partial charge in [-0.05, 0) is 77.0 Å². The topological polar surface area (TPSA) is 404 Å². The van der Waals surface area contributed by atoms with Crippen LogP contribution in [0, 0.1) is 0 Å². The number of aliphatic hydroxyl groups excluding tert-OH is 10. The summed E-state index contributed by atoms with van der Waals surface area (Å²) < 4.78 is 69.0. The molecule has 0 aromatic rings. The van der Waals surface area contributed by atoms with Crippen LogP contribution >= 0.6 is 7.60 Å². The Labute approximate surface area is 569 Å². The minimum absolute atomic E-state index is 0.00501. The molecule has 7 unspecified atom stereocenters. The molecule has 17 atom stereocenters. The maximum atomic E-state index is 13.3. The van der Waals surface area contributed by atoms with Crippen LogP contribution in [0.25, 0.3) is 0 Å². The number of rotatable bonds is 56. The average molecular weight is 1400 g/mol. The Morgan fingerprint density at radius 3 is 1.29 bits per heavy atom. The van der Waals surface area contributed by atoms with Crippen molar-refractivity contribution in [3.63, 3.8) is 0 Å². The number of unbranched alkanes of at least 4 members (excludes halogenated alkanes) is 23. The summed E-state index contributed by atoms with van der Waals surface area (Å²) in [5.74, 6) is -1.62. The minimum Gasteiger partial charge on any atom is -0.462 e. The van der Waals surface area contributed by atoms with E-state index in [0.29, 0.717) is 25.7 Å². The average Bonchev–Trinajstić information content (AvgIpc) is 0.789. The van der Waals surface area contributed by atoms with E-state index in [-0.39, 0.29) is 77.0 Å². The molecule has 96 heavy (non-hydrogen) atoms. The van der Waals surface area contributed by atoms with Crippen molar-refractivity contribution in [2.45, 2.75) is 318 Å². The number of carbonyl (C=O) groups is 4. The van der Waals surface area contributed by atoms with Gasteiger partial charge < -0.3 is 109 Å². The fourth-order valence-corrected chi connectivity index (χ4v) is 12.2. The van der Waals surface area contributed by atoms with Gasteiger partial charge in [-0.1, -0.05) is 141 Å². The highest BCUT2D eigenvalue weighted by atomic mass is 31.2. The summed E-state index contributed by atoms with van der Waals surface area (Å²) in [5, 5.41) is 110. The molecule has 3 aliphatic heterocycles. The Balaban J connectivity index is 1.33. The van der Waals surface area contributed by atoms with Gasteiger partial charge in [-0.15, -0.1) is 0 Å². The van der Waals surface area contributed by atoms with Crippen LogP contribution in [-0.2, 0) is 70.7 Å². The van der Waals surface area contributed by atoms with E-state index in [0.717, 1.165) is 77.0 Å². The van der Waals surface area contributed by atoms with Crippen LogP contribution in [-0.4, -0.2) is 239 Å². The van der Waals surface area contributed by atoms with Crippen molar-refractivity contribution in [2.24, 2.45) is 0 Å². The van der Waals surface area contributed by atoms with Crippen molar-refractivity contribution in [1.82, 2.24) is 10.6 Å². The van der Waals surface area contributed by atoms with E-state index >= 15 is 0 Å². The van der Waals surface area contributed by atoms with Crippen molar-refractivity contribution >= 4 is 31.3 Å². The molecular formula is C68H123N2O25P. The maximum absolute atomic E-state index is 13.3. The number of hydrogen-bond acceptors (Lipinski definition) is 25. The third-order valence-electron chi connectivity index (χ3n) is 17.1. The number of esters is 2. The van der Waals surface area contributed by atoms with Gasteiger partial charge in [-0.2, -0.15) is 0 Å². The lowest BCUT2D eigenvalue weighted by Gasteiger charge is -2.48. The largest absolute Gasteiger partial charge is 0.462 e. The van der Waals surface area contributed by atoms with Gasteiger partial charge in [0.15, 0.2) is 25.0 Å². The minimum atomic E-state index is -3.73. The van der Waals surface area contributed by atoms with Crippen LogP contribution in [0.2, 0.25) is 0 Å². The molecular weight excluding hydrogens is 1280 g/mol. The predicted molar refractivity (Wildman–Crippen MR) is 355 cm³/mol. The zero-order valence-electron chi connectivity index (χ0n) is 57.6. The molecule has 28 heteroatoms. The SMILES string of the molecule is CCCCCCCC/C=C\CCCCCCCC(=O)OC[C@@H](COP(C)(=O)OCCNC(=O)CCCCC(=O)NCCO[C@@H]1OC(CO)[C@@H](O[C@@H]2OC(CO)[C@H](O[C@H]3OC(CO)[C@H](O)[C@H](O)C3O)[C@H](O)C2O)[C@H](O)C1O)OC(=O)CCCCCCC/C=C/CCCCCCCC. The molecule has 560 valence electrons. The summed E-state index contributed by atoms with van der Waals surface area (Å²) in [6.45, 7) is 2.16. The third-order valence-corrected chi connectivity index (χ3v) is 18.4. The zero-order valence-corrected chi connectivity index (χ0v) is 58.5. The molecule has 0 bridgehead atoms. The van der Waals surface area contributed by atoms with Gasteiger partial charge in [0.2, 0.25) is 11.8 Å². The second-order valence-corrected chi connectivity index (χ2v) is 27.5. The first-order valence-electron chi connectivity index (χ1n) is 35.8. The fraction of sp³-hybridized carbons (Fsp3) is 0.882. The molecule has 27 nitrogen and oxygen atoms in total. The Kier molecular flexibility index (Phi) is 47.9. The molecule has 3 fully saturated rings. The van der Waals surface area contributed by atoms with Gasteiger partial charge in [-0.25, -0.2) is 0 Å². The molecule has 0 spiro atoms. The standard InChI is InChI=1S/C68H123N2O25P/c1-4-6-8-10-12-14-16-18-20-22-24-26-28-30-32-38-55(76)87-47-49(90-56(77)39-33-31-29-27-25-23-21-19-17-15-13-11-9-7-5-2)48-89-96(3,85)88-43-41-70-54(75)37-35-34-36-53(74)69-40-42-86-66-62(83)59(80)64(51(45-72)92-66)95-68-63(84)60(81)65(52(46-73)93-68)94-67-61(82)58(79)57(78)50(44-71)91-67/h18-21,49-52,57-68,71-73,78-84H,4-17,22-48H2,1-3H3,(H,69,74)(H,70,75)/b20-18-,21-19+/t49-,50?,51?,52?,57-,58-,59+,60+,61?,62?,63?,64+,65-,66+,67+,68-,96?/m0/s1. The molecule has 0 saturated carbocycles. The van der Waals surface area contributed by atoms with Gasteiger partial charge in [0, 0.05) is 45.4 Å². The first-order chi connectivity index (χ1) is 46.3. The van der Waals surface area contributed by atoms with E-state index in [4.69, 9.17) is 46.9 Å². The smallest absolute Gasteiger partial charge is 0.327 e. The van der Waals surface area contributed by atoms with E-state index in [1.54, 1.807) is 0 Å². The Bertz CT molecular complexity index is 2150. The number of carbonyl (C=O) groups excluding carboxylic acids is 4. The van der Waals surface area contributed by atoms with Crippen LogP contribution in [0.1, 0.15) is 219 Å². The van der Waals surface area contributed by atoms with Gasteiger partial charge in [0.1, 0.15) is 79.9 Å². The van der Waals surface area contributed by atoms with E-state index < -0.39 is 138 Å². The van der Waals surface area contributed by atoms with Gasteiger partial charge in [-0.3, -0.25) is 23.7 Å². The first-order valence-corrected chi connectivity index (χ1v) is 37.8. The van der Waals surface area contributed by atoms with Crippen LogP contribution in [0.5, 0.6) is 0 Å². The van der Waals surface area contributed by atoms with Crippen molar-refractivity contribution in [3.8, 4) is 0 Å². The number of allylic oxidation sites excluding steroid dienone is 4. The van der Waals surface area contributed by atoms with Crippen LogP contribution in [0.4, 0.5) is 0 Å². The molecule has 0 aromatic heterocycles. The van der Waals surface area contributed by atoms with Crippen molar-refractivity contribution in [1.29, 1.82) is 0 Å². The van der Waals surface area contributed by atoms with Crippen LogP contribution in [0.15, 0.2) is 24.3 Å². The van der Waals surface area contributed by atoms with Crippen molar-refractivity contribution < 1.29 is 122 Å². The second kappa shape index (κ2) is 52.8. The lowest BCUT2D eigenvalue weighted by atomic mass is 9.96. The van der Waals surface area contributed by atoms with Gasteiger partial charge in [0.25, 0.3) is 0 Å². The lowest BCUT2D eigenvalue weighted by molar-refractivity contribution is -0.379. The number of ether oxygens (including phenoxy) is 8. The molecule has 0 aliphatic carbocycles. The zero-order chi connectivity index (χ0) is 70.4. The monoisotopic (exact) mass is 1400 g/mol. The molecule has 3 saturated heterocycles. The fourth-order valence-electron chi connectivity index (χ4n) is 11.3. The van der Waals surface area contributed by atoms with Crippen LogP contribution in [0.3, 0.4) is 0 Å². The Morgan fingerprint density at radius 1 is 0.438 bits per heavy atom. The summed E-state index contributed by atoms with van der Waals surface area (Å²) >= 11 is 0. The summed E-state index contributed by atoms with van der Waals surface area (Å²) in [4.78, 5) is 51.0. The van der Waals surface area contributed by atoms with E-state index in [2.05, 4.69) is 48.8 Å². The van der Waals surface area contributed by atoms with Crippen LogP contribution < -0.4 is 10.6 Å². The van der Waals surface area contributed by atoms with E-state index in [1.165, 1.54) is 83.7 Å². The molecule has 2 amide bonds. The molecule has 0 aromatic carbocycles. The third kappa shape index (κ3) is 36.5. The highest BCUT2D eigenvalue weighted by Gasteiger charge is 2.53. The number of nitrogens with one attached hydrogen (secondary N) is 2. The molecule has 3 heterocycles. The van der Waals surface area contributed by atoms with E-state index in [1.807, 2.05) is 0 Å². The molecule has 12 N–H and O–H groups in total. The summed E-state index contributed by atoms with van der Waals surface area (Å²) in [5.41, 5.74) is 0. The number of aliphatic hydroxyl groups is 10. The summed E-state index contributed by atoms with van der Waals surface area (Å²) in [6.07, 6.45) is 12.9. The van der Waals surface area contributed by atoms with Gasteiger partial charge in [0.05, 0.1) is 39.6 Å². The summed E-state index contributed by atoms with van der Waals surface area (Å²) in [6, 6.07) is 0. The summed E-state index contributed by atoms with van der Waals surface area (Å²) in [7, 11) is -3.73. The lowest BCUT2D eigenvalue weighted by Crippen LogP contribution is -2.66. The highest BCUT2D eigenvalue weighted by molar-refractivity contribution is 7.52. The van der Waals surface area contributed by atoms with E-state index in [9.17, 15) is 74.8 Å².